The normalized spacial score (nSPS) is 18.4. The summed E-state index contributed by atoms with van der Waals surface area (Å²) in [7, 11) is -0.992. The van der Waals surface area contributed by atoms with Gasteiger partial charge in [0.2, 0.25) is 11.7 Å². The zero-order valence-corrected chi connectivity index (χ0v) is 17.4. The van der Waals surface area contributed by atoms with Crippen molar-refractivity contribution in [2.24, 2.45) is 0 Å². The molecule has 1 saturated heterocycles. The van der Waals surface area contributed by atoms with Crippen molar-refractivity contribution < 1.29 is 22.8 Å². The Hall–Kier alpha value is -1.99. The highest BCUT2D eigenvalue weighted by molar-refractivity contribution is 6.62. The molecular weight excluding hydrogens is 363 g/mol. The SMILES string of the molecule is CC(C)(C)c1cccnc1Oc1ccc(B2OC(C)(C)C(C)(C)O2)c(F)c1F. The molecule has 0 aliphatic carbocycles. The molecule has 1 aromatic carbocycles. The highest BCUT2D eigenvalue weighted by atomic mass is 19.2. The lowest BCUT2D eigenvalue weighted by Gasteiger charge is -2.32. The van der Waals surface area contributed by atoms with Gasteiger partial charge in [0, 0.05) is 17.2 Å². The van der Waals surface area contributed by atoms with Crippen LogP contribution in [-0.2, 0) is 14.7 Å². The van der Waals surface area contributed by atoms with Crippen molar-refractivity contribution in [3.05, 3.63) is 47.7 Å². The fraction of sp³-hybridized carbons (Fsp3) is 0.476. The summed E-state index contributed by atoms with van der Waals surface area (Å²) in [4.78, 5) is 4.19. The summed E-state index contributed by atoms with van der Waals surface area (Å²) >= 11 is 0. The Morgan fingerprint density at radius 1 is 0.964 bits per heavy atom. The molecule has 150 valence electrons. The number of rotatable bonds is 3. The maximum atomic E-state index is 14.8. The highest BCUT2D eigenvalue weighted by Crippen LogP contribution is 2.37. The Kier molecular flexibility index (Phi) is 5.05. The molecule has 7 heteroatoms. The average molecular weight is 389 g/mol. The second kappa shape index (κ2) is 6.81. The van der Waals surface area contributed by atoms with E-state index in [1.165, 1.54) is 12.1 Å². The lowest BCUT2D eigenvalue weighted by atomic mass is 9.78. The fourth-order valence-electron chi connectivity index (χ4n) is 2.92. The number of pyridine rings is 1. The van der Waals surface area contributed by atoms with Crippen molar-refractivity contribution in [2.45, 2.75) is 65.1 Å². The summed E-state index contributed by atoms with van der Waals surface area (Å²) in [6, 6.07) is 6.44. The van der Waals surface area contributed by atoms with E-state index < -0.39 is 30.0 Å². The van der Waals surface area contributed by atoms with Crippen LogP contribution in [-0.4, -0.2) is 23.3 Å². The quantitative estimate of drug-likeness (QED) is 0.711. The van der Waals surface area contributed by atoms with Gasteiger partial charge >= 0.3 is 7.12 Å². The fourth-order valence-corrected chi connectivity index (χ4v) is 2.92. The van der Waals surface area contributed by atoms with Crippen LogP contribution >= 0.6 is 0 Å². The minimum atomic E-state index is -1.10. The van der Waals surface area contributed by atoms with Crippen LogP contribution in [0.2, 0.25) is 0 Å². The van der Waals surface area contributed by atoms with Gasteiger partial charge in [-0.1, -0.05) is 32.9 Å². The second-order valence-corrected chi connectivity index (χ2v) is 9.08. The van der Waals surface area contributed by atoms with Crippen LogP contribution in [0, 0.1) is 11.6 Å². The number of aromatic nitrogens is 1. The van der Waals surface area contributed by atoms with Crippen LogP contribution in [0.1, 0.15) is 54.0 Å². The lowest BCUT2D eigenvalue weighted by Crippen LogP contribution is -2.41. The summed E-state index contributed by atoms with van der Waals surface area (Å²) in [5, 5.41) is 0. The second-order valence-electron chi connectivity index (χ2n) is 9.08. The van der Waals surface area contributed by atoms with Gasteiger partial charge in [0.25, 0.3) is 0 Å². The Morgan fingerprint density at radius 2 is 1.57 bits per heavy atom. The van der Waals surface area contributed by atoms with E-state index in [9.17, 15) is 8.78 Å². The van der Waals surface area contributed by atoms with Gasteiger partial charge in [0.15, 0.2) is 11.6 Å². The summed E-state index contributed by atoms with van der Waals surface area (Å²) in [5.74, 6) is -2.14. The van der Waals surface area contributed by atoms with Gasteiger partial charge in [-0.15, -0.1) is 0 Å². The molecule has 1 aromatic heterocycles. The van der Waals surface area contributed by atoms with Gasteiger partial charge < -0.3 is 14.0 Å². The van der Waals surface area contributed by atoms with Gasteiger partial charge in [-0.25, -0.2) is 9.37 Å². The maximum absolute atomic E-state index is 14.8. The monoisotopic (exact) mass is 389 g/mol. The molecule has 0 unspecified atom stereocenters. The van der Waals surface area contributed by atoms with Crippen molar-refractivity contribution in [3.63, 3.8) is 0 Å². The molecule has 0 saturated carbocycles. The first-order chi connectivity index (χ1) is 12.8. The third-order valence-corrected chi connectivity index (χ3v) is 5.37. The smallest absolute Gasteiger partial charge is 0.436 e. The molecule has 3 rings (SSSR count). The predicted octanol–water partition coefficient (Wildman–Crippen LogP) is 4.75. The number of benzene rings is 1. The van der Waals surface area contributed by atoms with E-state index in [0.29, 0.717) is 0 Å². The van der Waals surface area contributed by atoms with Gasteiger partial charge in [-0.2, -0.15) is 4.39 Å². The van der Waals surface area contributed by atoms with Crippen molar-refractivity contribution in [3.8, 4) is 11.6 Å². The first kappa shape index (κ1) is 20.7. The summed E-state index contributed by atoms with van der Waals surface area (Å²) < 4.78 is 46.9. The van der Waals surface area contributed by atoms with Crippen molar-refractivity contribution >= 4 is 12.6 Å². The molecule has 2 heterocycles. The largest absolute Gasteiger partial charge is 0.497 e. The Balaban J connectivity index is 1.93. The van der Waals surface area contributed by atoms with Crippen LogP contribution in [0.25, 0.3) is 0 Å². The topological polar surface area (TPSA) is 40.6 Å². The highest BCUT2D eigenvalue weighted by Gasteiger charge is 2.52. The Labute approximate surface area is 165 Å². The van der Waals surface area contributed by atoms with E-state index in [2.05, 4.69) is 4.98 Å². The first-order valence-corrected chi connectivity index (χ1v) is 9.30. The Morgan fingerprint density at radius 3 is 2.14 bits per heavy atom. The van der Waals surface area contributed by atoms with E-state index in [1.807, 2.05) is 54.5 Å². The first-order valence-electron chi connectivity index (χ1n) is 9.30. The van der Waals surface area contributed by atoms with Crippen molar-refractivity contribution in [2.75, 3.05) is 0 Å². The predicted molar refractivity (Wildman–Crippen MR) is 105 cm³/mol. The van der Waals surface area contributed by atoms with E-state index in [0.717, 1.165) is 5.56 Å². The molecule has 0 bridgehead atoms. The molecule has 0 spiro atoms. The molecule has 2 aromatic rings. The molecule has 1 aliphatic rings. The molecule has 0 amide bonds. The lowest BCUT2D eigenvalue weighted by molar-refractivity contribution is 0.00578. The maximum Gasteiger partial charge on any atom is 0.497 e. The average Bonchev–Trinajstić information content (AvgIpc) is 2.79. The van der Waals surface area contributed by atoms with Crippen molar-refractivity contribution in [1.82, 2.24) is 4.98 Å². The minimum absolute atomic E-state index is 0.000524. The van der Waals surface area contributed by atoms with Gasteiger partial charge in [-0.3, -0.25) is 0 Å². The zero-order valence-electron chi connectivity index (χ0n) is 17.4. The number of nitrogens with zero attached hydrogens (tertiary/aromatic N) is 1. The third kappa shape index (κ3) is 3.65. The molecule has 1 fully saturated rings. The number of hydrogen-bond donors (Lipinski definition) is 0. The number of ether oxygens (including phenoxy) is 1. The minimum Gasteiger partial charge on any atom is -0.436 e. The molecule has 1 aliphatic heterocycles. The van der Waals surface area contributed by atoms with E-state index in [4.69, 9.17) is 14.0 Å². The summed E-state index contributed by atoms with van der Waals surface area (Å²) in [6.45, 7) is 13.4. The van der Waals surface area contributed by atoms with Crippen LogP contribution in [0.4, 0.5) is 8.78 Å². The van der Waals surface area contributed by atoms with Crippen LogP contribution in [0.15, 0.2) is 30.5 Å². The van der Waals surface area contributed by atoms with Crippen LogP contribution in [0.5, 0.6) is 11.6 Å². The zero-order chi connectivity index (χ0) is 20.9. The van der Waals surface area contributed by atoms with Crippen molar-refractivity contribution in [1.29, 1.82) is 0 Å². The molecule has 4 nitrogen and oxygen atoms in total. The third-order valence-electron chi connectivity index (χ3n) is 5.37. The van der Waals surface area contributed by atoms with Gasteiger partial charge in [-0.05, 0) is 45.2 Å². The molecule has 28 heavy (non-hydrogen) atoms. The van der Waals surface area contributed by atoms with E-state index >= 15 is 0 Å². The number of halogens is 2. The molecule has 0 atom stereocenters. The van der Waals surface area contributed by atoms with Crippen LogP contribution in [0.3, 0.4) is 0 Å². The standard InChI is InChI=1S/C21H26BF2NO3/c1-19(2,3)13-9-8-12-25-18(13)26-15-11-10-14(16(23)17(15)24)22-27-20(4,5)21(6,7)28-22/h8-12H,1-7H3. The van der Waals surface area contributed by atoms with E-state index in [-0.39, 0.29) is 22.5 Å². The Bertz CT molecular complexity index is 878. The molecule has 0 radical (unpaired) electrons. The van der Waals surface area contributed by atoms with E-state index in [1.54, 1.807) is 12.3 Å². The van der Waals surface area contributed by atoms with Gasteiger partial charge in [0.05, 0.1) is 11.2 Å². The number of hydrogen-bond acceptors (Lipinski definition) is 4. The van der Waals surface area contributed by atoms with Crippen LogP contribution < -0.4 is 10.2 Å². The summed E-state index contributed by atoms with van der Waals surface area (Å²) in [6.07, 6.45) is 1.55. The molecule has 0 N–H and O–H groups in total. The van der Waals surface area contributed by atoms with Gasteiger partial charge in [0.1, 0.15) is 0 Å². The molecular formula is C21H26BF2NO3. The summed E-state index contributed by atoms with van der Waals surface area (Å²) in [5.41, 5.74) is -0.761.